The zero-order chi connectivity index (χ0) is 18.4. The van der Waals surface area contributed by atoms with Crippen molar-refractivity contribution in [3.05, 3.63) is 66.0 Å². The van der Waals surface area contributed by atoms with E-state index in [-0.39, 0.29) is 24.6 Å². The molecule has 0 spiro atoms. The second kappa shape index (κ2) is 8.11. The maximum Gasteiger partial charge on any atom is 0.232 e. The predicted molar refractivity (Wildman–Crippen MR) is 96.1 cm³/mol. The molecule has 0 atom stereocenters. The van der Waals surface area contributed by atoms with E-state index in [0.29, 0.717) is 6.54 Å². The Morgan fingerprint density at radius 1 is 1.04 bits per heavy atom. The molecule has 0 aromatic heterocycles. The van der Waals surface area contributed by atoms with Gasteiger partial charge in [0.05, 0.1) is 11.9 Å². The molecule has 0 saturated carbocycles. The van der Waals surface area contributed by atoms with Crippen molar-refractivity contribution in [3.8, 4) is 0 Å². The van der Waals surface area contributed by atoms with E-state index in [1.807, 2.05) is 30.3 Å². The van der Waals surface area contributed by atoms with Gasteiger partial charge in [-0.2, -0.15) is 0 Å². The quantitative estimate of drug-likeness (QED) is 0.759. The molecule has 0 unspecified atom stereocenters. The number of hydrogen-bond acceptors (Lipinski definition) is 3. The standard InChI is InChI=1S/C18H21FN2O3S/c1-20(14-15-8-4-3-5-9-15)18(22)12-13-21(25(2,23)24)17-11-7-6-10-16(17)19/h3-11H,12-14H2,1-2H3. The Labute approximate surface area is 147 Å². The second-order valence-electron chi connectivity index (χ2n) is 5.77. The first-order valence-electron chi connectivity index (χ1n) is 7.79. The fourth-order valence-corrected chi connectivity index (χ4v) is 3.38. The van der Waals surface area contributed by atoms with Crippen molar-refractivity contribution in [1.82, 2.24) is 4.90 Å². The van der Waals surface area contributed by atoms with Crippen LogP contribution in [0.1, 0.15) is 12.0 Å². The molecule has 134 valence electrons. The molecule has 0 radical (unpaired) electrons. The summed E-state index contributed by atoms with van der Waals surface area (Å²) in [5.74, 6) is -0.855. The summed E-state index contributed by atoms with van der Waals surface area (Å²) >= 11 is 0. The lowest BCUT2D eigenvalue weighted by Gasteiger charge is -2.24. The van der Waals surface area contributed by atoms with Crippen molar-refractivity contribution < 1.29 is 17.6 Å². The van der Waals surface area contributed by atoms with E-state index >= 15 is 0 Å². The summed E-state index contributed by atoms with van der Waals surface area (Å²) in [6.07, 6.45) is 0.961. The van der Waals surface area contributed by atoms with E-state index < -0.39 is 15.8 Å². The number of anilines is 1. The van der Waals surface area contributed by atoms with Crippen LogP contribution in [0.5, 0.6) is 0 Å². The number of sulfonamides is 1. The Bertz CT molecular complexity index is 825. The molecule has 0 aliphatic carbocycles. The highest BCUT2D eigenvalue weighted by Crippen LogP contribution is 2.21. The van der Waals surface area contributed by atoms with Crippen molar-refractivity contribution in [2.45, 2.75) is 13.0 Å². The summed E-state index contributed by atoms with van der Waals surface area (Å²) in [7, 11) is -2.04. The number of rotatable bonds is 7. The molecule has 7 heteroatoms. The summed E-state index contributed by atoms with van der Waals surface area (Å²) in [6, 6.07) is 15.1. The molecule has 0 fully saturated rings. The molecule has 0 aliphatic rings. The van der Waals surface area contributed by atoms with Gasteiger partial charge in [0, 0.05) is 26.6 Å². The first-order chi connectivity index (χ1) is 11.8. The molecular formula is C18H21FN2O3S. The van der Waals surface area contributed by atoms with Gasteiger partial charge >= 0.3 is 0 Å². The van der Waals surface area contributed by atoms with Gasteiger partial charge in [0.15, 0.2) is 0 Å². The van der Waals surface area contributed by atoms with Crippen LogP contribution in [0.2, 0.25) is 0 Å². The highest BCUT2D eigenvalue weighted by atomic mass is 32.2. The molecular weight excluding hydrogens is 343 g/mol. The molecule has 1 amide bonds. The Balaban J connectivity index is 2.05. The van der Waals surface area contributed by atoms with E-state index in [1.165, 1.54) is 23.1 Å². The minimum Gasteiger partial charge on any atom is -0.341 e. The zero-order valence-electron chi connectivity index (χ0n) is 14.2. The van der Waals surface area contributed by atoms with Crippen LogP contribution >= 0.6 is 0 Å². The van der Waals surface area contributed by atoms with Crippen molar-refractivity contribution in [2.75, 3.05) is 24.2 Å². The van der Waals surface area contributed by atoms with Gasteiger partial charge in [0.2, 0.25) is 15.9 Å². The van der Waals surface area contributed by atoms with Gasteiger partial charge in [-0.25, -0.2) is 12.8 Å². The van der Waals surface area contributed by atoms with Crippen LogP contribution in [0.3, 0.4) is 0 Å². The van der Waals surface area contributed by atoms with Gasteiger partial charge in [-0.15, -0.1) is 0 Å². The van der Waals surface area contributed by atoms with E-state index in [2.05, 4.69) is 0 Å². The third-order valence-corrected chi connectivity index (χ3v) is 4.92. The molecule has 2 rings (SSSR count). The number of amides is 1. The van der Waals surface area contributed by atoms with Crippen LogP contribution in [-0.2, 0) is 21.4 Å². The van der Waals surface area contributed by atoms with Crippen LogP contribution in [0.15, 0.2) is 54.6 Å². The summed E-state index contributed by atoms with van der Waals surface area (Å²) in [5, 5.41) is 0. The summed E-state index contributed by atoms with van der Waals surface area (Å²) in [6.45, 7) is 0.315. The lowest BCUT2D eigenvalue weighted by molar-refractivity contribution is -0.130. The fraction of sp³-hybridized carbons (Fsp3) is 0.278. The summed E-state index contributed by atoms with van der Waals surface area (Å²) in [4.78, 5) is 13.8. The number of carbonyl (C=O) groups is 1. The molecule has 2 aromatic carbocycles. The van der Waals surface area contributed by atoms with Gasteiger partial charge in [-0.1, -0.05) is 42.5 Å². The summed E-state index contributed by atoms with van der Waals surface area (Å²) < 4.78 is 38.9. The number of carbonyl (C=O) groups excluding carboxylic acids is 1. The second-order valence-corrected chi connectivity index (χ2v) is 7.68. The van der Waals surface area contributed by atoms with Gasteiger partial charge in [-0.05, 0) is 17.7 Å². The zero-order valence-corrected chi connectivity index (χ0v) is 15.0. The van der Waals surface area contributed by atoms with E-state index in [4.69, 9.17) is 0 Å². The smallest absolute Gasteiger partial charge is 0.232 e. The lowest BCUT2D eigenvalue weighted by Crippen LogP contribution is -2.35. The normalized spacial score (nSPS) is 11.2. The first-order valence-corrected chi connectivity index (χ1v) is 9.64. The Hall–Kier alpha value is -2.41. The number of para-hydroxylation sites is 1. The molecule has 0 heterocycles. The monoisotopic (exact) mass is 364 g/mol. The molecule has 0 N–H and O–H groups in total. The fourth-order valence-electron chi connectivity index (χ4n) is 2.45. The Kier molecular flexibility index (Phi) is 6.14. The molecule has 5 nitrogen and oxygen atoms in total. The third-order valence-electron chi connectivity index (χ3n) is 3.74. The SMILES string of the molecule is CN(Cc1ccccc1)C(=O)CCN(c1ccccc1F)S(C)(=O)=O. The largest absolute Gasteiger partial charge is 0.341 e. The van der Waals surface area contributed by atoms with Gasteiger partial charge in [-0.3, -0.25) is 9.10 Å². The topological polar surface area (TPSA) is 57.7 Å². The van der Waals surface area contributed by atoms with Gasteiger partial charge in [0.25, 0.3) is 0 Å². The van der Waals surface area contributed by atoms with Gasteiger partial charge < -0.3 is 4.90 Å². The highest BCUT2D eigenvalue weighted by molar-refractivity contribution is 7.92. The first kappa shape index (κ1) is 18.9. The molecule has 0 bridgehead atoms. The third kappa shape index (κ3) is 5.29. The molecule has 0 saturated heterocycles. The van der Waals surface area contributed by atoms with Gasteiger partial charge in [0.1, 0.15) is 5.82 Å². The molecule has 0 aliphatic heterocycles. The van der Waals surface area contributed by atoms with Crippen LogP contribution in [0.25, 0.3) is 0 Å². The number of hydrogen-bond donors (Lipinski definition) is 0. The van der Waals surface area contributed by atoms with Crippen LogP contribution in [-0.4, -0.2) is 39.1 Å². The maximum atomic E-state index is 13.9. The lowest BCUT2D eigenvalue weighted by atomic mass is 10.2. The van der Waals surface area contributed by atoms with Crippen LogP contribution < -0.4 is 4.31 Å². The number of benzene rings is 2. The summed E-state index contributed by atoms with van der Waals surface area (Å²) in [5.41, 5.74) is 0.927. The minimum absolute atomic E-state index is 0.0370. The van der Waals surface area contributed by atoms with E-state index in [1.54, 1.807) is 13.1 Å². The van der Waals surface area contributed by atoms with Crippen molar-refractivity contribution >= 4 is 21.6 Å². The average molecular weight is 364 g/mol. The average Bonchev–Trinajstić information content (AvgIpc) is 2.56. The maximum absolute atomic E-state index is 13.9. The predicted octanol–water partition coefficient (Wildman–Crippen LogP) is 2.64. The van der Waals surface area contributed by atoms with Crippen molar-refractivity contribution in [3.63, 3.8) is 0 Å². The Morgan fingerprint density at radius 3 is 2.24 bits per heavy atom. The van der Waals surface area contributed by atoms with Crippen LogP contribution in [0, 0.1) is 5.82 Å². The molecule has 25 heavy (non-hydrogen) atoms. The Morgan fingerprint density at radius 2 is 1.64 bits per heavy atom. The van der Waals surface area contributed by atoms with Crippen molar-refractivity contribution in [2.24, 2.45) is 0 Å². The van der Waals surface area contributed by atoms with E-state index in [0.717, 1.165) is 16.1 Å². The van der Waals surface area contributed by atoms with E-state index in [9.17, 15) is 17.6 Å². The number of nitrogens with zero attached hydrogens (tertiary/aromatic N) is 2. The molecule has 2 aromatic rings. The van der Waals surface area contributed by atoms with Crippen LogP contribution in [0.4, 0.5) is 10.1 Å². The van der Waals surface area contributed by atoms with Crippen molar-refractivity contribution in [1.29, 1.82) is 0 Å². The number of halogens is 1. The minimum atomic E-state index is -3.70. The highest BCUT2D eigenvalue weighted by Gasteiger charge is 2.22.